The molecule has 1 aromatic heterocycles. The van der Waals surface area contributed by atoms with Crippen LogP contribution < -0.4 is 10.4 Å². The average Bonchev–Trinajstić information content (AvgIpc) is 2.53. The van der Waals surface area contributed by atoms with Gasteiger partial charge in [0.1, 0.15) is 5.82 Å². The molecule has 0 aliphatic carbocycles. The number of rotatable bonds is 2. The first-order chi connectivity index (χ1) is 11.0. The van der Waals surface area contributed by atoms with E-state index < -0.39 is 0 Å². The van der Waals surface area contributed by atoms with Gasteiger partial charge in [0, 0.05) is 32.2 Å². The van der Waals surface area contributed by atoms with Gasteiger partial charge >= 0.3 is 0 Å². The number of aryl methyl sites for hydroxylation is 1. The third-order valence-electron chi connectivity index (χ3n) is 4.22. The molecule has 0 radical (unpaired) electrons. The summed E-state index contributed by atoms with van der Waals surface area (Å²) in [5.41, 5.74) is 4.66. The van der Waals surface area contributed by atoms with Crippen molar-refractivity contribution in [3.05, 3.63) is 41.3 Å². The van der Waals surface area contributed by atoms with Crippen molar-refractivity contribution >= 4 is 23.1 Å². The second-order valence-corrected chi connectivity index (χ2v) is 5.87. The van der Waals surface area contributed by atoms with Crippen LogP contribution in [0, 0.1) is 18.2 Å². The summed E-state index contributed by atoms with van der Waals surface area (Å²) >= 11 is 0. The van der Waals surface area contributed by atoms with Crippen molar-refractivity contribution in [3.8, 4) is 0 Å². The summed E-state index contributed by atoms with van der Waals surface area (Å²) in [6, 6.07) is 3.13. The molecule has 2 heterocycles. The van der Waals surface area contributed by atoms with Gasteiger partial charge in [-0.2, -0.15) is 0 Å². The van der Waals surface area contributed by atoms with Crippen LogP contribution in [0.5, 0.6) is 0 Å². The molecule has 23 heavy (non-hydrogen) atoms. The predicted molar refractivity (Wildman–Crippen MR) is 89.9 cm³/mol. The quantitative estimate of drug-likeness (QED) is 0.863. The van der Waals surface area contributed by atoms with Crippen molar-refractivity contribution in [1.82, 2.24) is 14.5 Å². The fraction of sp³-hybridized carbons (Fsp3) is 0.353. The molecule has 0 unspecified atom stereocenters. The lowest BCUT2D eigenvalue weighted by Gasteiger charge is -2.33. The van der Waals surface area contributed by atoms with Crippen LogP contribution in [0.1, 0.15) is 5.56 Å². The van der Waals surface area contributed by atoms with E-state index >= 15 is 0 Å². The van der Waals surface area contributed by atoms with E-state index in [1.807, 2.05) is 0 Å². The number of anilines is 1. The first kappa shape index (κ1) is 15.5. The van der Waals surface area contributed by atoms with Crippen LogP contribution >= 0.6 is 0 Å². The summed E-state index contributed by atoms with van der Waals surface area (Å²) < 4.78 is 15.5. The van der Waals surface area contributed by atoms with Gasteiger partial charge in [-0.1, -0.05) is 6.58 Å². The zero-order valence-corrected chi connectivity index (χ0v) is 13.4. The van der Waals surface area contributed by atoms with Crippen molar-refractivity contribution in [3.63, 3.8) is 0 Å². The van der Waals surface area contributed by atoms with Gasteiger partial charge in [-0.25, -0.2) is 9.37 Å². The van der Waals surface area contributed by atoms with Crippen LogP contribution in [-0.4, -0.2) is 47.7 Å². The van der Waals surface area contributed by atoms with Crippen LogP contribution in [0.15, 0.2) is 24.4 Å². The number of hydrogen-bond donors (Lipinski definition) is 1. The largest absolute Gasteiger partial charge is 0.351 e. The Kier molecular flexibility index (Phi) is 4.03. The molecule has 3 rings (SSSR count). The van der Waals surface area contributed by atoms with Gasteiger partial charge in [0.25, 0.3) is 0 Å². The molecule has 2 aromatic rings. The van der Waals surface area contributed by atoms with Gasteiger partial charge in [-0.05, 0) is 25.6 Å². The molecule has 0 saturated carbocycles. The Balaban J connectivity index is 2.23. The summed E-state index contributed by atoms with van der Waals surface area (Å²) in [7, 11) is 2.08. The summed E-state index contributed by atoms with van der Waals surface area (Å²) in [6.07, 6.45) is 1.56. The fourth-order valence-corrected chi connectivity index (χ4v) is 2.80. The first-order valence-corrected chi connectivity index (χ1v) is 7.57. The topological polar surface area (TPSA) is 48.2 Å². The molecule has 0 atom stereocenters. The van der Waals surface area contributed by atoms with E-state index in [2.05, 4.69) is 34.1 Å². The lowest BCUT2D eigenvalue weighted by Crippen LogP contribution is -2.47. The molecule has 120 valence electrons. The summed E-state index contributed by atoms with van der Waals surface area (Å²) in [5.74, 6) is 0.306. The SMILES string of the molecule is C=C=Cn1c(=N)c(N2CCN(C)CC2)nc2cc(C)c(F)cc21. The van der Waals surface area contributed by atoms with Crippen LogP contribution in [0.2, 0.25) is 0 Å². The number of fused-ring (bicyclic) bond motifs is 1. The van der Waals surface area contributed by atoms with Crippen LogP contribution in [0.25, 0.3) is 17.2 Å². The Hall–Kier alpha value is -2.43. The summed E-state index contributed by atoms with van der Waals surface area (Å²) in [4.78, 5) is 8.99. The van der Waals surface area contributed by atoms with Crippen molar-refractivity contribution in [2.75, 3.05) is 38.1 Å². The molecule has 5 nitrogen and oxygen atoms in total. The second kappa shape index (κ2) is 5.99. The first-order valence-electron chi connectivity index (χ1n) is 7.57. The third kappa shape index (κ3) is 2.79. The number of halogens is 1. The van der Waals surface area contributed by atoms with E-state index in [1.54, 1.807) is 23.8 Å². The highest BCUT2D eigenvalue weighted by Gasteiger charge is 2.19. The van der Waals surface area contributed by atoms with E-state index in [4.69, 9.17) is 5.41 Å². The van der Waals surface area contributed by atoms with Crippen LogP contribution in [0.4, 0.5) is 10.2 Å². The normalized spacial score (nSPS) is 15.7. The second-order valence-electron chi connectivity index (χ2n) is 5.87. The van der Waals surface area contributed by atoms with Crippen molar-refractivity contribution in [2.24, 2.45) is 0 Å². The smallest absolute Gasteiger partial charge is 0.173 e. The molecule has 6 heteroatoms. The molecular formula is C17H20FN5. The van der Waals surface area contributed by atoms with E-state index in [1.165, 1.54) is 6.07 Å². The number of benzene rings is 1. The van der Waals surface area contributed by atoms with Gasteiger partial charge in [-0.3, -0.25) is 9.98 Å². The van der Waals surface area contributed by atoms with Crippen molar-refractivity contribution in [2.45, 2.75) is 6.92 Å². The van der Waals surface area contributed by atoms with E-state index in [-0.39, 0.29) is 11.3 Å². The third-order valence-corrected chi connectivity index (χ3v) is 4.22. The number of aromatic nitrogens is 2. The minimum Gasteiger partial charge on any atom is -0.351 e. The number of nitrogens with zero attached hydrogens (tertiary/aromatic N) is 4. The fourth-order valence-electron chi connectivity index (χ4n) is 2.80. The zero-order chi connectivity index (χ0) is 16.6. The van der Waals surface area contributed by atoms with Crippen molar-refractivity contribution in [1.29, 1.82) is 5.41 Å². The lowest BCUT2D eigenvalue weighted by molar-refractivity contribution is 0.311. The van der Waals surface area contributed by atoms with Gasteiger partial charge in [0.15, 0.2) is 11.3 Å². The molecule has 1 saturated heterocycles. The minimum atomic E-state index is -0.308. The Labute approximate surface area is 134 Å². The molecule has 1 aliphatic rings. The molecule has 1 fully saturated rings. The Morgan fingerprint density at radius 1 is 1.30 bits per heavy atom. The highest BCUT2D eigenvalue weighted by atomic mass is 19.1. The molecule has 1 aromatic carbocycles. The molecular weight excluding hydrogens is 293 g/mol. The molecule has 0 spiro atoms. The van der Waals surface area contributed by atoms with Crippen LogP contribution in [-0.2, 0) is 0 Å². The number of piperazine rings is 1. The maximum Gasteiger partial charge on any atom is 0.173 e. The lowest BCUT2D eigenvalue weighted by atomic mass is 10.2. The Bertz CT molecular complexity index is 855. The van der Waals surface area contributed by atoms with Gasteiger partial charge in [0.05, 0.1) is 17.2 Å². The summed E-state index contributed by atoms with van der Waals surface area (Å²) in [5, 5.41) is 8.47. The van der Waals surface area contributed by atoms with Gasteiger partial charge in [0.2, 0.25) is 0 Å². The number of nitrogens with one attached hydrogen (secondary N) is 1. The zero-order valence-electron chi connectivity index (χ0n) is 13.4. The van der Waals surface area contributed by atoms with Crippen molar-refractivity contribution < 1.29 is 4.39 Å². The Morgan fingerprint density at radius 2 is 2.00 bits per heavy atom. The highest BCUT2D eigenvalue weighted by molar-refractivity contribution is 5.79. The molecule has 1 N–H and O–H groups in total. The minimum absolute atomic E-state index is 0.224. The average molecular weight is 313 g/mol. The summed E-state index contributed by atoms with van der Waals surface area (Å²) in [6.45, 7) is 8.79. The standard InChI is InChI=1S/C17H20FN5/c1-4-5-23-15-11-13(18)12(2)10-14(15)20-17(16(23)19)22-8-6-21(3)7-9-22/h5,10-11,19H,1,6-9H2,2-3H3. The Morgan fingerprint density at radius 3 is 2.65 bits per heavy atom. The molecule has 0 bridgehead atoms. The maximum atomic E-state index is 13.9. The van der Waals surface area contributed by atoms with E-state index in [0.717, 1.165) is 26.2 Å². The highest BCUT2D eigenvalue weighted by Crippen LogP contribution is 2.19. The number of hydrogen-bond acceptors (Lipinski definition) is 4. The maximum absolute atomic E-state index is 13.9. The van der Waals surface area contributed by atoms with E-state index in [9.17, 15) is 4.39 Å². The molecule has 0 amide bonds. The van der Waals surface area contributed by atoms with Crippen LogP contribution in [0.3, 0.4) is 0 Å². The number of likely N-dealkylation sites (N-methyl/N-ethyl adjacent to an activating group) is 1. The molecule has 1 aliphatic heterocycles. The predicted octanol–water partition coefficient (Wildman–Crippen LogP) is 1.97. The van der Waals surface area contributed by atoms with Gasteiger partial charge in [-0.15, -0.1) is 5.73 Å². The monoisotopic (exact) mass is 313 g/mol. The van der Waals surface area contributed by atoms with Gasteiger partial charge < -0.3 is 9.80 Å². The van der Waals surface area contributed by atoms with E-state index in [0.29, 0.717) is 22.4 Å².